The lowest BCUT2D eigenvalue weighted by Crippen LogP contribution is -2.50. The maximum absolute atomic E-state index is 12.4. The number of carbonyl (C=O) groups is 1. The predicted molar refractivity (Wildman–Crippen MR) is 44.7 cm³/mol. The van der Waals surface area contributed by atoms with Crippen molar-refractivity contribution in [3.8, 4) is 0 Å². The molecule has 0 aliphatic carbocycles. The second kappa shape index (κ2) is 4.00. The topological polar surface area (TPSA) is 41.1 Å². The maximum atomic E-state index is 12.4. The molecule has 13 heavy (non-hydrogen) atoms. The van der Waals surface area contributed by atoms with Crippen molar-refractivity contribution in [2.45, 2.75) is 31.7 Å². The predicted octanol–water partition coefficient (Wildman–Crippen LogP) is 0.510. The zero-order chi connectivity index (χ0) is 9.90. The lowest BCUT2D eigenvalue weighted by Gasteiger charge is -2.24. The van der Waals surface area contributed by atoms with Crippen molar-refractivity contribution in [1.29, 1.82) is 0 Å². The summed E-state index contributed by atoms with van der Waals surface area (Å²) in [6.45, 7) is 2.09. The van der Waals surface area contributed by atoms with Crippen molar-refractivity contribution >= 4 is 5.91 Å². The van der Waals surface area contributed by atoms with Crippen LogP contribution in [0.5, 0.6) is 0 Å². The number of alkyl halides is 2. The van der Waals surface area contributed by atoms with Crippen LogP contribution in [0.1, 0.15) is 19.8 Å². The number of hydrogen-bond acceptors (Lipinski definition) is 2. The Balaban J connectivity index is 2.35. The summed E-state index contributed by atoms with van der Waals surface area (Å²) in [5, 5.41) is 5.34. The van der Waals surface area contributed by atoms with Gasteiger partial charge in [-0.3, -0.25) is 4.79 Å². The molecule has 0 saturated carbocycles. The first kappa shape index (κ1) is 10.4. The minimum atomic E-state index is -3.27. The SMILES string of the molecule is CC(F)(F)C(=O)NC1CCCNC1. The molecule has 0 spiro atoms. The normalized spacial score (nSPS) is 24.1. The zero-order valence-electron chi connectivity index (χ0n) is 7.57. The van der Waals surface area contributed by atoms with Gasteiger partial charge in [-0.2, -0.15) is 8.78 Å². The van der Waals surface area contributed by atoms with E-state index in [4.69, 9.17) is 0 Å². The molecule has 0 aromatic carbocycles. The Morgan fingerprint density at radius 1 is 1.62 bits per heavy atom. The smallest absolute Gasteiger partial charge is 0.321 e. The quantitative estimate of drug-likeness (QED) is 0.669. The average molecular weight is 192 g/mol. The molecule has 1 atom stereocenters. The van der Waals surface area contributed by atoms with Gasteiger partial charge in [0, 0.05) is 19.5 Å². The van der Waals surface area contributed by atoms with Gasteiger partial charge in [0.25, 0.3) is 5.91 Å². The summed E-state index contributed by atoms with van der Waals surface area (Å²) >= 11 is 0. The van der Waals surface area contributed by atoms with Crippen molar-refractivity contribution in [2.75, 3.05) is 13.1 Å². The van der Waals surface area contributed by atoms with Crippen LogP contribution in [0.25, 0.3) is 0 Å². The van der Waals surface area contributed by atoms with Crippen molar-refractivity contribution in [3.05, 3.63) is 0 Å². The highest BCUT2D eigenvalue weighted by Gasteiger charge is 2.33. The van der Waals surface area contributed by atoms with Gasteiger partial charge in [-0.05, 0) is 19.4 Å². The molecule has 0 aromatic rings. The van der Waals surface area contributed by atoms with Crippen LogP contribution in [-0.4, -0.2) is 31.0 Å². The third kappa shape index (κ3) is 3.26. The summed E-state index contributed by atoms with van der Waals surface area (Å²) in [7, 11) is 0. The van der Waals surface area contributed by atoms with E-state index in [1.807, 2.05) is 0 Å². The Labute approximate surface area is 75.9 Å². The van der Waals surface area contributed by atoms with Crippen LogP contribution in [0.2, 0.25) is 0 Å². The van der Waals surface area contributed by atoms with Gasteiger partial charge in [-0.25, -0.2) is 0 Å². The summed E-state index contributed by atoms with van der Waals surface area (Å²) in [5.74, 6) is -4.45. The van der Waals surface area contributed by atoms with Crippen molar-refractivity contribution < 1.29 is 13.6 Å². The van der Waals surface area contributed by atoms with Crippen LogP contribution >= 0.6 is 0 Å². The number of rotatable bonds is 2. The van der Waals surface area contributed by atoms with Crippen LogP contribution in [-0.2, 0) is 4.79 Å². The number of hydrogen-bond donors (Lipinski definition) is 2. The Hall–Kier alpha value is -0.710. The van der Waals surface area contributed by atoms with Gasteiger partial charge in [0.05, 0.1) is 0 Å². The molecular weight excluding hydrogens is 178 g/mol. The number of piperidine rings is 1. The van der Waals surface area contributed by atoms with Crippen molar-refractivity contribution in [3.63, 3.8) is 0 Å². The van der Waals surface area contributed by atoms with Gasteiger partial charge in [0.15, 0.2) is 0 Å². The monoisotopic (exact) mass is 192 g/mol. The van der Waals surface area contributed by atoms with Gasteiger partial charge in [-0.1, -0.05) is 0 Å². The first-order chi connectivity index (χ1) is 6.00. The largest absolute Gasteiger partial charge is 0.347 e. The highest BCUT2D eigenvalue weighted by atomic mass is 19.3. The summed E-state index contributed by atoms with van der Waals surface area (Å²) in [4.78, 5) is 10.8. The van der Waals surface area contributed by atoms with E-state index in [1.165, 1.54) is 0 Å². The molecule has 0 aromatic heterocycles. The molecule has 0 bridgehead atoms. The third-order valence-electron chi connectivity index (χ3n) is 2.03. The fourth-order valence-corrected chi connectivity index (χ4v) is 1.29. The minimum absolute atomic E-state index is 0.146. The molecule has 1 unspecified atom stereocenters. The van der Waals surface area contributed by atoms with Gasteiger partial charge in [0.2, 0.25) is 0 Å². The third-order valence-corrected chi connectivity index (χ3v) is 2.03. The molecule has 1 rings (SSSR count). The molecule has 1 aliphatic rings. The molecule has 1 heterocycles. The Morgan fingerprint density at radius 3 is 2.77 bits per heavy atom. The van der Waals surface area contributed by atoms with Crippen LogP contribution in [0, 0.1) is 0 Å². The fraction of sp³-hybridized carbons (Fsp3) is 0.875. The van der Waals surface area contributed by atoms with E-state index < -0.39 is 11.8 Å². The lowest BCUT2D eigenvalue weighted by molar-refractivity contribution is -0.143. The second-order valence-electron chi connectivity index (χ2n) is 3.41. The number of carbonyl (C=O) groups excluding carboxylic acids is 1. The number of nitrogens with one attached hydrogen (secondary N) is 2. The molecular formula is C8H14F2N2O. The standard InChI is InChI=1S/C8H14F2N2O/c1-8(9,10)7(13)12-6-3-2-4-11-5-6/h6,11H,2-5H2,1H3,(H,12,13). The van der Waals surface area contributed by atoms with E-state index in [1.54, 1.807) is 0 Å². The van der Waals surface area contributed by atoms with E-state index in [0.29, 0.717) is 13.5 Å². The van der Waals surface area contributed by atoms with Crippen LogP contribution in [0.3, 0.4) is 0 Å². The first-order valence-corrected chi connectivity index (χ1v) is 4.39. The molecule has 0 radical (unpaired) electrons. The van der Waals surface area contributed by atoms with Gasteiger partial charge >= 0.3 is 5.92 Å². The van der Waals surface area contributed by atoms with E-state index in [0.717, 1.165) is 19.4 Å². The van der Waals surface area contributed by atoms with Gasteiger partial charge < -0.3 is 10.6 Å². The van der Waals surface area contributed by atoms with Crippen molar-refractivity contribution in [2.24, 2.45) is 0 Å². The lowest BCUT2D eigenvalue weighted by atomic mass is 10.1. The minimum Gasteiger partial charge on any atom is -0.347 e. The summed E-state index contributed by atoms with van der Waals surface area (Å²) in [5.41, 5.74) is 0. The molecule has 2 N–H and O–H groups in total. The van der Waals surface area contributed by atoms with Crippen molar-refractivity contribution in [1.82, 2.24) is 10.6 Å². The Bertz CT molecular complexity index is 185. The van der Waals surface area contributed by atoms with E-state index in [2.05, 4.69) is 10.6 Å². The second-order valence-corrected chi connectivity index (χ2v) is 3.41. The van der Waals surface area contributed by atoms with Gasteiger partial charge in [0.1, 0.15) is 0 Å². The first-order valence-electron chi connectivity index (χ1n) is 4.39. The fourth-order valence-electron chi connectivity index (χ4n) is 1.29. The highest BCUT2D eigenvalue weighted by Crippen LogP contribution is 2.12. The van der Waals surface area contributed by atoms with E-state index in [-0.39, 0.29) is 6.04 Å². The van der Waals surface area contributed by atoms with Crippen LogP contribution in [0.4, 0.5) is 8.78 Å². The maximum Gasteiger partial charge on any atom is 0.321 e. The van der Waals surface area contributed by atoms with Crippen LogP contribution < -0.4 is 10.6 Å². The Morgan fingerprint density at radius 2 is 2.31 bits per heavy atom. The summed E-state index contributed by atoms with van der Waals surface area (Å²) in [6.07, 6.45) is 1.69. The zero-order valence-corrected chi connectivity index (χ0v) is 7.57. The molecule has 3 nitrogen and oxygen atoms in total. The molecule has 1 saturated heterocycles. The van der Waals surface area contributed by atoms with Gasteiger partial charge in [-0.15, -0.1) is 0 Å². The summed E-state index contributed by atoms with van der Waals surface area (Å²) < 4.78 is 24.9. The summed E-state index contributed by atoms with van der Waals surface area (Å²) in [6, 6.07) is -0.146. The number of halogens is 2. The molecule has 1 fully saturated rings. The average Bonchev–Trinajstić information content (AvgIpc) is 2.04. The number of amides is 1. The van der Waals surface area contributed by atoms with E-state index in [9.17, 15) is 13.6 Å². The highest BCUT2D eigenvalue weighted by molar-refractivity contribution is 5.83. The molecule has 76 valence electrons. The molecule has 1 amide bonds. The Kier molecular flexibility index (Phi) is 3.19. The molecule has 1 aliphatic heterocycles. The van der Waals surface area contributed by atoms with E-state index >= 15 is 0 Å². The molecule has 5 heteroatoms. The van der Waals surface area contributed by atoms with Crippen LogP contribution in [0.15, 0.2) is 0 Å².